The number of carbonyl (C=O) groups excluding carboxylic acids is 2. The summed E-state index contributed by atoms with van der Waals surface area (Å²) in [5, 5.41) is 5.06. The summed E-state index contributed by atoms with van der Waals surface area (Å²) in [7, 11) is 0. The number of nitrogens with one attached hydrogen (secondary N) is 1. The first-order valence-corrected chi connectivity index (χ1v) is 9.51. The van der Waals surface area contributed by atoms with Crippen LogP contribution < -0.4 is 15.0 Å². The Morgan fingerprint density at radius 1 is 1.04 bits per heavy atom. The van der Waals surface area contributed by atoms with Gasteiger partial charge in [0.15, 0.2) is 0 Å². The van der Waals surface area contributed by atoms with Crippen molar-refractivity contribution < 1.29 is 14.3 Å². The van der Waals surface area contributed by atoms with Crippen molar-refractivity contribution in [3.8, 4) is 5.75 Å². The van der Waals surface area contributed by atoms with Crippen LogP contribution in [0.1, 0.15) is 23.2 Å². The summed E-state index contributed by atoms with van der Waals surface area (Å²) in [6.07, 6.45) is 1.43. The van der Waals surface area contributed by atoms with E-state index in [1.165, 1.54) is 0 Å². The van der Waals surface area contributed by atoms with Crippen molar-refractivity contribution in [1.82, 2.24) is 5.32 Å². The lowest BCUT2D eigenvalue weighted by molar-refractivity contribution is -0.117. The molecule has 1 N–H and O–H groups in total. The molecule has 3 aromatic rings. The zero-order valence-electron chi connectivity index (χ0n) is 15.6. The molecule has 3 aromatic carbocycles. The maximum Gasteiger partial charge on any atom is 0.251 e. The Bertz CT molecular complexity index is 1010. The highest BCUT2D eigenvalue weighted by Crippen LogP contribution is 2.25. The van der Waals surface area contributed by atoms with Gasteiger partial charge in [-0.15, -0.1) is 0 Å². The largest absolute Gasteiger partial charge is 0.491 e. The predicted molar refractivity (Wildman–Crippen MR) is 110 cm³/mol. The second-order valence-corrected chi connectivity index (χ2v) is 6.78. The molecule has 0 aromatic heterocycles. The number of anilines is 1. The van der Waals surface area contributed by atoms with Gasteiger partial charge in [0.2, 0.25) is 5.91 Å². The minimum atomic E-state index is -0.171. The molecule has 1 fully saturated rings. The van der Waals surface area contributed by atoms with Crippen LogP contribution in [0.5, 0.6) is 5.75 Å². The van der Waals surface area contributed by atoms with Crippen molar-refractivity contribution >= 4 is 28.3 Å². The maximum absolute atomic E-state index is 12.4. The van der Waals surface area contributed by atoms with Gasteiger partial charge in [-0.05, 0) is 36.1 Å². The second-order valence-electron chi connectivity index (χ2n) is 6.78. The van der Waals surface area contributed by atoms with E-state index in [0.29, 0.717) is 31.7 Å². The Labute approximate surface area is 163 Å². The fourth-order valence-electron chi connectivity index (χ4n) is 3.49. The topological polar surface area (TPSA) is 58.6 Å². The smallest absolute Gasteiger partial charge is 0.251 e. The van der Waals surface area contributed by atoms with Crippen molar-refractivity contribution in [3.63, 3.8) is 0 Å². The molecule has 4 rings (SSSR count). The number of hydrogen-bond donors (Lipinski definition) is 1. The van der Waals surface area contributed by atoms with Crippen LogP contribution in [-0.2, 0) is 4.79 Å². The number of carbonyl (C=O) groups is 2. The van der Waals surface area contributed by atoms with Crippen LogP contribution in [-0.4, -0.2) is 31.5 Å². The van der Waals surface area contributed by atoms with Gasteiger partial charge in [0.25, 0.3) is 5.91 Å². The molecule has 28 heavy (non-hydrogen) atoms. The van der Waals surface area contributed by atoms with Crippen LogP contribution in [0.3, 0.4) is 0 Å². The molecule has 0 atom stereocenters. The summed E-state index contributed by atoms with van der Waals surface area (Å²) >= 11 is 0. The highest BCUT2D eigenvalue weighted by atomic mass is 16.5. The molecule has 1 aliphatic heterocycles. The monoisotopic (exact) mass is 374 g/mol. The predicted octanol–water partition coefficient (Wildman–Crippen LogP) is 3.78. The van der Waals surface area contributed by atoms with Crippen LogP contribution in [0, 0.1) is 0 Å². The third kappa shape index (κ3) is 3.83. The quantitative estimate of drug-likeness (QED) is 0.668. The summed E-state index contributed by atoms with van der Waals surface area (Å²) in [6.45, 7) is 1.49. The van der Waals surface area contributed by atoms with Crippen molar-refractivity contribution in [2.45, 2.75) is 12.8 Å². The lowest BCUT2D eigenvalue weighted by Crippen LogP contribution is -2.29. The SMILES string of the molecule is O=C(NCCOc1cccc2ccccc12)c1cccc(N2CCCC2=O)c1. The van der Waals surface area contributed by atoms with Crippen molar-refractivity contribution in [1.29, 1.82) is 0 Å². The van der Waals surface area contributed by atoms with Gasteiger partial charge < -0.3 is 15.0 Å². The molecule has 5 heteroatoms. The first kappa shape index (κ1) is 18.0. The molecular weight excluding hydrogens is 352 g/mol. The number of benzene rings is 3. The van der Waals surface area contributed by atoms with Crippen molar-refractivity contribution in [2.75, 3.05) is 24.6 Å². The molecular formula is C23H22N2O3. The van der Waals surface area contributed by atoms with Gasteiger partial charge in [-0.2, -0.15) is 0 Å². The second kappa shape index (κ2) is 8.13. The molecule has 0 unspecified atom stereocenters. The minimum Gasteiger partial charge on any atom is -0.491 e. The normalized spacial score (nSPS) is 13.7. The average Bonchev–Trinajstić information content (AvgIpc) is 3.17. The third-order valence-electron chi connectivity index (χ3n) is 4.89. The Morgan fingerprint density at radius 3 is 2.71 bits per heavy atom. The lowest BCUT2D eigenvalue weighted by atomic mass is 10.1. The zero-order valence-corrected chi connectivity index (χ0v) is 15.6. The number of fused-ring (bicyclic) bond motifs is 1. The summed E-state index contributed by atoms with van der Waals surface area (Å²) in [6, 6.07) is 21.2. The molecule has 0 saturated carbocycles. The maximum atomic E-state index is 12.4. The Balaban J connectivity index is 1.34. The van der Waals surface area contributed by atoms with E-state index in [-0.39, 0.29) is 11.8 Å². The first-order chi connectivity index (χ1) is 13.7. The zero-order chi connectivity index (χ0) is 19.3. The van der Waals surface area contributed by atoms with E-state index >= 15 is 0 Å². The van der Waals surface area contributed by atoms with E-state index in [0.717, 1.165) is 28.6 Å². The molecule has 0 aliphatic carbocycles. The standard InChI is InChI=1S/C23H22N2O3/c26-22-12-5-14-25(22)19-9-3-8-18(16-19)23(27)24-13-15-28-21-11-4-7-17-6-1-2-10-20(17)21/h1-4,6-11,16H,5,12-15H2,(H,24,27). The lowest BCUT2D eigenvalue weighted by Gasteiger charge is -2.16. The summed E-state index contributed by atoms with van der Waals surface area (Å²) < 4.78 is 5.86. The van der Waals surface area contributed by atoms with Crippen LogP contribution in [0.15, 0.2) is 66.7 Å². The molecule has 0 bridgehead atoms. The van der Waals surface area contributed by atoms with Crippen LogP contribution in [0.25, 0.3) is 10.8 Å². The van der Waals surface area contributed by atoms with E-state index in [4.69, 9.17) is 4.74 Å². The summed E-state index contributed by atoms with van der Waals surface area (Å²) in [4.78, 5) is 26.1. The molecule has 1 saturated heterocycles. The van der Waals surface area contributed by atoms with Crippen LogP contribution in [0.2, 0.25) is 0 Å². The molecule has 2 amide bonds. The Hall–Kier alpha value is -3.34. The molecule has 5 nitrogen and oxygen atoms in total. The number of hydrogen-bond acceptors (Lipinski definition) is 3. The Morgan fingerprint density at radius 2 is 1.86 bits per heavy atom. The van der Waals surface area contributed by atoms with Gasteiger partial charge in [0.05, 0.1) is 6.54 Å². The fraction of sp³-hybridized carbons (Fsp3) is 0.217. The number of rotatable bonds is 6. The molecule has 0 spiro atoms. The molecule has 1 aliphatic rings. The van der Waals surface area contributed by atoms with Crippen molar-refractivity contribution in [2.24, 2.45) is 0 Å². The van der Waals surface area contributed by atoms with Crippen LogP contribution in [0.4, 0.5) is 5.69 Å². The van der Waals surface area contributed by atoms with E-state index < -0.39 is 0 Å². The molecule has 0 radical (unpaired) electrons. The summed E-state index contributed by atoms with van der Waals surface area (Å²) in [5.74, 6) is 0.748. The minimum absolute atomic E-state index is 0.112. The molecule has 142 valence electrons. The average molecular weight is 374 g/mol. The van der Waals surface area contributed by atoms with E-state index in [1.807, 2.05) is 54.6 Å². The van der Waals surface area contributed by atoms with Gasteiger partial charge in [-0.3, -0.25) is 9.59 Å². The van der Waals surface area contributed by atoms with Gasteiger partial charge in [-0.25, -0.2) is 0 Å². The van der Waals surface area contributed by atoms with Gasteiger partial charge in [0, 0.05) is 29.6 Å². The van der Waals surface area contributed by atoms with E-state index in [9.17, 15) is 9.59 Å². The van der Waals surface area contributed by atoms with E-state index in [2.05, 4.69) is 5.32 Å². The summed E-state index contributed by atoms with van der Waals surface area (Å²) in [5.41, 5.74) is 1.32. The third-order valence-corrected chi connectivity index (χ3v) is 4.89. The molecule has 1 heterocycles. The van der Waals surface area contributed by atoms with Gasteiger partial charge in [-0.1, -0.05) is 42.5 Å². The first-order valence-electron chi connectivity index (χ1n) is 9.51. The Kier molecular flexibility index (Phi) is 5.24. The number of nitrogens with zero attached hydrogens (tertiary/aromatic N) is 1. The highest BCUT2D eigenvalue weighted by molar-refractivity contribution is 5.99. The fourth-order valence-corrected chi connectivity index (χ4v) is 3.49. The highest BCUT2D eigenvalue weighted by Gasteiger charge is 2.22. The van der Waals surface area contributed by atoms with E-state index in [1.54, 1.807) is 17.0 Å². The van der Waals surface area contributed by atoms with Gasteiger partial charge in [0.1, 0.15) is 12.4 Å². The van der Waals surface area contributed by atoms with Crippen molar-refractivity contribution in [3.05, 3.63) is 72.3 Å². The number of ether oxygens (including phenoxy) is 1. The van der Waals surface area contributed by atoms with Crippen LogP contribution >= 0.6 is 0 Å². The van der Waals surface area contributed by atoms with Gasteiger partial charge >= 0.3 is 0 Å². The number of amides is 2.